The van der Waals surface area contributed by atoms with Crippen molar-refractivity contribution in [3.05, 3.63) is 35.9 Å². The molecule has 0 radical (unpaired) electrons. The fraction of sp³-hybridized carbons (Fsp3) is 0.417. The molecular weight excluding hydrogens is 269 g/mol. The average Bonchev–Trinajstić information content (AvgIpc) is 2.74. The average molecular weight is 285 g/mol. The van der Waals surface area contributed by atoms with Crippen LogP contribution in [0.3, 0.4) is 0 Å². The highest BCUT2D eigenvalue weighted by atomic mass is 31.2. The molecule has 0 aromatic heterocycles. The van der Waals surface area contributed by atoms with E-state index in [4.69, 9.17) is 5.11 Å². The van der Waals surface area contributed by atoms with E-state index in [1.165, 1.54) is 0 Å². The fourth-order valence-corrected chi connectivity index (χ4v) is 3.27. The third-order valence-electron chi connectivity index (χ3n) is 3.37. The van der Waals surface area contributed by atoms with Crippen LogP contribution in [0, 0.1) is 0 Å². The van der Waals surface area contributed by atoms with E-state index in [2.05, 4.69) is 0 Å². The first kappa shape index (κ1) is 14.2. The second-order valence-corrected chi connectivity index (χ2v) is 6.66. The van der Waals surface area contributed by atoms with Gasteiger partial charge in [0.1, 0.15) is 6.04 Å². The van der Waals surface area contributed by atoms with Gasteiger partial charge in [-0.3, -0.25) is 14.3 Å². The van der Waals surface area contributed by atoms with E-state index in [0.29, 0.717) is 6.54 Å². The van der Waals surface area contributed by atoms with Crippen molar-refractivity contribution in [1.82, 2.24) is 4.90 Å². The van der Waals surface area contributed by atoms with Crippen LogP contribution in [0.4, 0.5) is 0 Å². The van der Waals surface area contributed by atoms with Crippen molar-refractivity contribution in [2.24, 2.45) is 0 Å². The van der Waals surface area contributed by atoms with Gasteiger partial charge in [0.25, 0.3) is 0 Å². The first-order chi connectivity index (χ1) is 8.88. The van der Waals surface area contributed by atoms with Gasteiger partial charge in [0.05, 0.1) is 5.66 Å². The zero-order valence-corrected chi connectivity index (χ0v) is 11.1. The molecule has 104 valence electrons. The lowest BCUT2D eigenvalue weighted by atomic mass is 10.2. The highest BCUT2D eigenvalue weighted by molar-refractivity contribution is 7.52. The Kier molecular flexibility index (Phi) is 4.06. The SMILES string of the molecule is O=C(O)[C@@H]1CC(P(=O)(O)O)CN1Cc1ccccc1. The molecule has 1 aromatic rings. The van der Waals surface area contributed by atoms with Gasteiger partial charge < -0.3 is 14.9 Å². The first-order valence-corrected chi connectivity index (χ1v) is 7.62. The predicted octanol–water partition coefficient (Wildman–Crippen LogP) is 0.892. The van der Waals surface area contributed by atoms with Crippen molar-refractivity contribution in [2.45, 2.75) is 24.7 Å². The van der Waals surface area contributed by atoms with Crippen LogP contribution in [0.25, 0.3) is 0 Å². The summed E-state index contributed by atoms with van der Waals surface area (Å²) in [5, 5.41) is 9.15. The van der Waals surface area contributed by atoms with Crippen LogP contribution in [0.2, 0.25) is 0 Å². The molecule has 0 amide bonds. The summed E-state index contributed by atoms with van der Waals surface area (Å²) in [7, 11) is -4.24. The maximum atomic E-state index is 11.3. The number of rotatable bonds is 4. The van der Waals surface area contributed by atoms with Gasteiger partial charge in [0.2, 0.25) is 0 Å². The van der Waals surface area contributed by atoms with E-state index in [1.54, 1.807) is 4.90 Å². The minimum atomic E-state index is -4.24. The lowest BCUT2D eigenvalue weighted by molar-refractivity contribution is -0.142. The zero-order valence-electron chi connectivity index (χ0n) is 10.2. The Balaban J connectivity index is 2.14. The van der Waals surface area contributed by atoms with Gasteiger partial charge in [-0.2, -0.15) is 0 Å². The van der Waals surface area contributed by atoms with E-state index in [9.17, 15) is 19.1 Å². The molecule has 1 saturated heterocycles. The highest BCUT2D eigenvalue weighted by Crippen LogP contribution is 2.47. The largest absolute Gasteiger partial charge is 0.480 e. The van der Waals surface area contributed by atoms with Gasteiger partial charge in [-0.05, 0) is 12.0 Å². The zero-order chi connectivity index (χ0) is 14.0. The summed E-state index contributed by atoms with van der Waals surface area (Å²) in [4.78, 5) is 31.2. The minimum Gasteiger partial charge on any atom is -0.480 e. The molecule has 1 heterocycles. The predicted molar refractivity (Wildman–Crippen MR) is 68.7 cm³/mol. The lowest BCUT2D eigenvalue weighted by Gasteiger charge is -2.21. The molecule has 2 rings (SSSR count). The molecule has 6 nitrogen and oxygen atoms in total. The van der Waals surface area contributed by atoms with Crippen molar-refractivity contribution in [3.8, 4) is 0 Å². The second-order valence-electron chi connectivity index (χ2n) is 4.75. The van der Waals surface area contributed by atoms with Gasteiger partial charge in [-0.25, -0.2) is 0 Å². The van der Waals surface area contributed by atoms with E-state index in [-0.39, 0.29) is 13.0 Å². The Bertz CT molecular complexity index is 500. The summed E-state index contributed by atoms with van der Waals surface area (Å²) >= 11 is 0. The number of aliphatic carboxylic acids is 1. The van der Waals surface area contributed by atoms with Gasteiger partial charge in [-0.1, -0.05) is 30.3 Å². The summed E-state index contributed by atoms with van der Waals surface area (Å²) in [6.07, 6.45) is -0.00750. The van der Waals surface area contributed by atoms with Crippen molar-refractivity contribution >= 4 is 13.6 Å². The number of carboxylic acid groups (broad SMARTS) is 1. The Morgan fingerprint density at radius 3 is 2.47 bits per heavy atom. The van der Waals surface area contributed by atoms with Crippen molar-refractivity contribution in [3.63, 3.8) is 0 Å². The molecule has 1 unspecified atom stereocenters. The Hall–Kier alpha value is -1.20. The van der Waals surface area contributed by atoms with Crippen LogP contribution in [0.15, 0.2) is 30.3 Å². The fourth-order valence-electron chi connectivity index (χ4n) is 2.37. The molecule has 19 heavy (non-hydrogen) atoms. The molecule has 1 aliphatic heterocycles. The molecule has 0 aliphatic carbocycles. The minimum absolute atomic E-state index is 0.00750. The number of likely N-dealkylation sites (tertiary alicyclic amines) is 1. The lowest BCUT2D eigenvalue weighted by Crippen LogP contribution is -2.35. The molecular formula is C12H16NO5P. The summed E-state index contributed by atoms with van der Waals surface area (Å²) in [6, 6.07) is 8.45. The maximum absolute atomic E-state index is 11.3. The van der Waals surface area contributed by atoms with Crippen LogP contribution >= 0.6 is 7.60 Å². The molecule has 1 aliphatic rings. The van der Waals surface area contributed by atoms with Gasteiger partial charge in [0, 0.05) is 13.1 Å². The molecule has 0 saturated carbocycles. The third-order valence-corrected chi connectivity index (χ3v) is 4.70. The number of carboxylic acids is 1. The summed E-state index contributed by atoms with van der Waals surface area (Å²) in [5.41, 5.74) is 0.0393. The topological polar surface area (TPSA) is 98.1 Å². The van der Waals surface area contributed by atoms with Crippen molar-refractivity contribution in [1.29, 1.82) is 0 Å². The van der Waals surface area contributed by atoms with E-state index >= 15 is 0 Å². The molecule has 0 bridgehead atoms. The van der Waals surface area contributed by atoms with Gasteiger partial charge >= 0.3 is 13.6 Å². The Morgan fingerprint density at radius 1 is 1.32 bits per heavy atom. The molecule has 7 heteroatoms. The Labute approximate surface area is 110 Å². The molecule has 0 spiro atoms. The number of hydrogen-bond acceptors (Lipinski definition) is 3. The number of carbonyl (C=O) groups is 1. The van der Waals surface area contributed by atoms with Crippen molar-refractivity contribution < 1.29 is 24.3 Å². The number of hydrogen-bond donors (Lipinski definition) is 3. The van der Waals surface area contributed by atoms with Crippen LogP contribution in [-0.2, 0) is 15.9 Å². The Morgan fingerprint density at radius 2 is 1.95 bits per heavy atom. The number of nitrogens with zero attached hydrogens (tertiary/aromatic N) is 1. The van der Waals surface area contributed by atoms with Crippen LogP contribution in [0.5, 0.6) is 0 Å². The first-order valence-electron chi connectivity index (χ1n) is 5.94. The molecule has 1 aromatic carbocycles. The third kappa shape index (κ3) is 3.42. The summed E-state index contributed by atoms with van der Waals surface area (Å²) in [5.74, 6) is -1.04. The quantitative estimate of drug-likeness (QED) is 0.711. The summed E-state index contributed by atoms with van der Waals surface area (Å²) in [6.45, 7) is 0.491. The van der Waals surface area contributed by atoms with Crippen LogP contribution < -0.4 is 0 Å². The maximum Gasteiger partial charge on any atom is 0.329 e. The van der Waals surface area contributed by atoms with E-state index in [0.717, 1.165) is 5.56 Å². The molecule has 3 N–H and O–H groups in total. The normalized spacial score (nSPS) is 24.5. The smallest absolute Gasteiger partial charge is 0.329 e. The van der Waals surface area contributed by atoms with Crippen molar-refractivity contribution in [2.75, 3.05) is 6.54 Å². The highest BCUT2D eigenvalue weighted by Gasteiger charge is 2.44. The van der Waals surface area contributed by atoms with E-state index < -0.39 is 25.3 Å². The molecule has 1 fully saturated rings. The van der Waals surface area contributed by atoms with Gasteiger partial charge in [-0.15, -0.1) is 0 Å². The molecule has 2 atom stereocenters. The van der Waals surface area contributed by atoms with Crippen LogP contribution in [0.1, 0.15) is 12.0 Å². The number of benzene rings is 1. The second kappa shape index (κ2) is 5.43. The van der Waals surface area contributed by atoms with E-state index in [1.807, 2.05) is 30.3 Å². The van der Waals surface area contributed by atoms with Crippen LogP contribution in [-0.4, -0.2) is 44.0 Å². The van der Waals surface area contributed by atoms with Gasteiger partial charge in [0.15, 0.2) is 0 Å². The summed E-state index contributed by atoms with van der Waals surface area (Å²) < 4.78 is 11.3. The monoisotopic (exact) mass is 285 g/mol. The standard InChI is InChI=1S/C12H16NO5P/c14-12(15)11-6-10(19(16,17)18)8-13(11)7-9-4-2-1-3-5-9/h1-5,10-11H,6-8H2,(H,14,15)(H2,16,17,18)/t10?,11-/m0/s1.